The van der Waals surface area contributed by atoms with Crippen molar-refractivity contribution in [2.45, 2.75) is 32.4 Å². The Morgan fingerprint density at radius 3 is 2.50 bits per heavy atom. The molecule has 1 amide bonds. The van der Waals surface area contributed by atoms with Crippen molar-refractivity contribution in [3.63, 3.8) is 0 Å². The molecule has 1 heterocycles. The van der Waals surface area contributed by atoms with Gasteiger partial charge in [-0.1, -0.05) is 31.2 Å². The smallest absolute Gasteiger partial charge is 0.259 e. The lowest BCUT2D eigenvalue weighted by molar-refractivity contribution is 0.102. The van der Waals surface area contributed by atoms with Gasteiger partial charge in [-0.15, -0.1) is 11.3 Å². The van der Waals surface area contributed by atoms with Gasteiger partial charge < -0.3 is 0 Å². The highest BCUT2D eigenvalue weighted by molar-refractivity contribution is 7.93. The number of hydrogen-bond donors (Lipinski definition) is 2. The number of anilines is 2. The Hall–Kier alpha value is -2.78. The third-order valence-electron chi connectivity index (χ3n) is 4.48. The molecule has 0 saturated carbocycles. The molecule has 0 bridgehead atoms. The van der Waals surface area contributed by atoms with E-state index in [1.165, 1.54) is 36.8 Å². The van der Waals surface area contributed by atoms with Crippen molar-refractivity contribution in [1.29, 1.82) is 0 Å². The first-order chi connectivity index (χ1) is 14.2. The number of sulfonamides is 1. The van der Waals surface area contributed by atoms with Crippen LogP contribution in [0.1, 0.15) is 36.7 Å². The third-order valence-corrected chi connectivity index (χ3v) is 6.99. The van der Waals surface area contributed by atoms with E-state index in [9.17, 15) is 17.6 Å². The second kappa shape index (κ2) is 8.93. The van der Waals surface area contributed by atoms with E-state index in [1.54, 1.807) is 0 Å². The fraction of sp³-hybridized carbons (Fsp3) is 0.238. The first-order valence-electron chi connectivity index (χ1n) is 9.37. The van der Waals surface area contributed by atoms with Crippen LogP contribution < -0.4 is 10.0 Å². The molecule has 0 aliphatic rings. The minimum absolute atomic E-state index is 0.00433. The van der Waals surface area contributed by atoms with E-state index < -0.39 is 27.0 Å². The molecule has 0 spiro atoms. The molecule has 1 aromatic heterocycles. The minimum Gasteiger partial charge on any atom is -0.298 e. The quantitative estimate of drug-likeness (QED) is 0.538. The lowest BCUT2D eigenvalue weighted by atomic mass is 10.1. The zero-order valence-corrected chi connectivity index (χ0v) is 18.4. The van der Waals surface area contributed by atoms with E-state index in [0.29, 0.717) is 5.13 Å². The number of aryl methyl sites for hydroxylation is 1. The number of carbonyl (C=O) groups is 1. The van der Waals surface area contributed by atoms with Crippen molar-refractivity contribution >= 4 is 38.1 Å². The van der Waals surface area contributed by atoms with Crippen molar-refractivity contribution in [3.8, 4) is 11.3 Å². The molecule has 0 aliphatic heterocycles. The zero-order valence-electron chi connectivity index (χ0n) is 16.8. The van der Waals surface area contributed by atoms with Crippen LogP contribution in [-0.2, 0) is 16.4 Å². The predicted molar refractivity (Wildman–Crippen MR) is 119 cm³/mol. The number of halogens is 1. The van der Waals surface area contributed by atoms with Gasteiger partial charge in [0.2, 0.25) is 10.0 Å². The molecule has 0 saturated heterocycles. The monoisotopic (exact) mass is 447 g/mol. The lowest BCUT2D eigenvalue weighted by Crippen LogP contribution is -2.24. The number of aromatic nitrogens is 1. The maximum Gasteiger partial charge on any atom is 0.259 e. The zero-order chi connectivity index (χ0) is 21.9. The van der Waals surface area contributed by atoms with E-state index in [0.717, 1.165) is 29.8 Å². The van der Waals surface area contributed by atoms with Crippen LogP contribution >= 0.6 is 11.3 Å². The average Bonchev–Trinajstić information content (AvgIpc) is 3.16. The van der Waals surface area contributed by atoms with Crippen LogP contribution in [0, 0.1) is 5.82 Å². The largest absolute Gasteiger partial charge is 0.298 e. The highest BCUT2D eigenvalue weighted by Crippen LogP contribution is 2.27. The Labute approximate surface area is 179 Å². The summed E-state index contributed by atoms with van der Waals surface area (Å²) in [6.45, 7) is 5.06. The molecule has 2 N–H and O–H groups in total. The number of carbonyl (C=O) groups excluding carboxylic acids is 1. The highest BCUT2D eigenvalue weighted by atomic mass is 32.2. The van der Waals surface area contributed by atoms with Crippen molar-refractivity contribution in [1.82, 2.24) is 4.98 Å². The van der Waals surface area contributed by atoms with Crippen molar-refractivity contribution in [3.05, 3.63) is 64.8 Å². The van der Waals surface area contributed by atoms with Gasteiger partial charge in [0.25, 0.3) is 5.91 Å². The van der Waals surface area contributed by atoms with Crippen molar-refractivity contribution in [2.24, 2.45) is 0 Å². The van der Waals surface area contributed by atoms with Crippen molar-refractivity contribution in [2.75, 3.05) is 10.0 Å². The fourth-order valence-electron chi connectivity index (χ4n) is 2.61. The van der Waals surface area contributed by atoms with Gasteiger partial charge in [-0.3, -0.25) is 14.8 Å². The SMILES string of the molecule is CCc1ccc(-c2csc(NC(=O)c3ccc(F)cc3NS(=O)(=O)C(C)C)n2)cc1. The van der Waals surface area contributed by atoms with Gasteiger partial charge in [0.15, 0.2) is 5.13 Å². The van der Waals surface area contributed by atoms with E-state index in [-0.39, 0.29) is 11.3 Å². The second-order valence-electron chi connectivity index (χ2n) is 6.93. The lowest BCUT2D eigenvalue weighted by Gasteiger charge is -2.14. The number of nitrogens with zero attached hydrogens (tertiary/aromatic N) is 1. The van der Waals surface area contributed by atoms with Gasteiger partial charge in [0.1, 0.15) is 5.82 Å². The molecule has 0 radical (unpaired) electrons. The van der Waals surface area contributed by atoms with Crippen LogP contribution in [0.2, 0.25) is 0 Å². The Kier molecular flexibility index (Phi) is 6.52. The minimum atomic E-state index is -3.74. The van der Waals surface area contributed by atoms with Gasteiger partial charge in [-0.25, -0.2) is 17.8 Å². The summed E-state index contributed by atoms with van der Waals surface area (Å²) in [7, 11) is -3.74. The molecule has 158 valence electrons. The Morgan fingerprint density at radius 1 is 1.17 bits per heavy atom. The molecule has 2 aromatic carbocycles. The van der Waals surface area contributed by atoms with Crippen LogP contribution in [0.3, 0.4) is 0 Å². The normalized spacial score (nSPS) is 11.5. The summed E-state index contributed by atoms with van der Waals surface area (Å²) >= 11 is 1.25. The number of thiazole rings is 1. The Balaban J connectivity index is 1.82. The van der Waals surface area contributed by atoms with Crippen LogP contribution in [0.15, 0.2) is 47.8 Å². The summed E-state index contributed by atoms with van der Waals surface area (Å²) < 4.78 is 40.3. The first-order valence-corrected chi connectivity index (χ1v) is 11.8. The van der Waals surface area contributed by atoms with E-state index in [1.807, 2.05) is 29.6 Å². The van der Waals surface area contributed by atoms with Crippen LogP contribution in [-0.4, -0.2) is 24.6 Å². The topological polar surface area (TPSA) is 88.2 Å². The number of benzene rings is 2. The molecule has 3 aromatic rings. The van der Waals surface area contributed by atoms with Gasteiger partial charge in [0, 0.05) is 10.9 Å². The molecule has 0 fully saturated rings. The summed E-state index contributed by atoms with van der Waals surface area (Å²) in [6, 6.07) is 11.3. The highest BCUT2D eigenvalue weighted by Gasteiger charge is 2.21. The van der Waals surface area contributed by atoms with Crippen molar-refractivity contribution < 1.29 is 17.6 Å². The number of nitrogens with one attached hydrogen (secondary N) is 2. The molecule has 0 unspecified atom stereocenters. The van der Waals surface area contributed by atoms with Crippen LogP contribution in [0.5, 0.6) is 0 Å². The molecule has 0 aliphatic carbocycles. The molecule has 30 heavy (non-hydrogen) atoms. The van der Waals surface area contributed by atoms with Gasteiger partial charge in [0.05, 0.1) is 22.2 Å². The van der Waals surface area contributed by atoms with E-state index >= 15 is 0 Å². The Morgan fingerprint density at radius 2 is 1.87 bits per heavy atom. The molecular formula is C21H22FN3O3S2. The molecule has 0 atom stereocenters. The summed E-state index contributed by atoms with van der Waals surface area (Å²) in [5, 5.41) is 4.10. The third kappa shape index (κ3) is 5.03. The van der Waals surface area contributed by atoms with Gasteiger partial charge in [-0.05, 0) is 44.0 Å². The summed E-state index contributed by atoms with van der Waals surface area (Å²) in [4.78, 5) is 17.2. The maximum atomic E-state index is 13.7. The molecular weight excluding hydrogens is 425 g/mol. The number of hydrogen-bond acceptors (Lipinski definition) is 5. The van der Waals surface area contributed by atoms with Crippen LogP contribution in [0.25, 0.3) is 11.3 Å². The molecule has 3 rings (SSSR count). The second-order valence-corrected chi connectivity index (χ2v) is 10.0. The summed E-state index contributed by atoms with van der Waals surface area (Å²) in [6.07, 6.45) is 0.944. The fourth-order valence-corrected chi connectivity index (χ4v) is 4.04. The summed E-state index contributed by atoms with van der Waals surface area (Å²) in [5.74, 6) is -1.24. The maximum absolute atomic E-state index is 13.7. The predicted octanol–water partition coefficient (Wildman–Crippen LogP) is 4.91. The van der Waals surface area contributed by atoms with E-state index in [2.05, 4.69) is 21.9 Å². The molecule has 9 heteroatoms. The summed E-state index contributed by atoms with van der Waals surface area (Å²) in [5.41, 5.74) is 2.75. The Bertz CT molecular complexity index is 1160. The van der Waals surface area contributed by atoms with Gasteiger partial charge >= 0.3 is 0 Å². The number of rotatable bonds is 7. The van der Waals surface area contributed by atoms with Crippen LogP contribution in [0.4, 0.5) is 15.2 Å². The standard InChI is InChI=1S/C21H22FN3O3S2/c1-4-14-5-7-15(8-6-14)19-12-29-21(23-19)24-20(26)17-10-9-16(22)11-18(17)25-30(27,28)13(2)3/h5-13,25H,4H2,1-3H3,(H,23,24,26). The van der Waals surface area contributed by atoms with Gasteiger partial charge in [-0.2, -0.15) is 0 Å². The number of amides is 1. The molecule has 6 nitrogen and oxygen atoms in total. The average molecular weight is 448 g/mol. The van der Waals surface area contributed by atoms with E-state index in [4.69, 9.17) is 0 Å². The first kappa shape index (κ1) is 21.9.